The Labute approximate surface area is 356 Å². The van der Waals surface area contributed by atoms with Gasteiger partial charge in [0.05, 0.1) is 72.9 Å². The van der Waals surface area contributed by atoms with E-state index in [0.717, 1.165) is 45.1 Å². The summed E-state index contributed by atoms with van der Waals surface area (Å²) in [6.07, 6.45) is 3.46. The molecule has 6 rings (SSSR count). The summed E-state index contributed by atoms with van der Waals surface area (Å²) in [5.41, 5.74) is 7.87. The van der Waals surface area contributed by atoms with Gasteiger partial charge < -0.3 is 55.3 Å². The van der Waals surface area contributed by atoms with Crippen LogP contribution >= 0.6 is 0 Å². The van der Waals surface area contributed by atoms with E-state index in [2.05, 4.69) is 29.9 Å². The summed E-state index contributed by atoms with van der Waals surface area (Å²) in [5.74, 6) is 3.43. The Bertz CT molecular complexity index is 2010. The Morgan fingerprint density at radius 1 is 0.585 bits per heavy atom. The van der Waals surface area contributed by atoms with Crippen LogP contribution in [0.25, 0.3) is 22.1 Å². The number of methoxy groups -OCH3 is 4. The number of nitrogens with zero attached hydrogens (tertiary/aromatic N) is 6. The summed E-state index contributed by atoms with van der Waals surface area (Å²) in [6.45, 7) is 7.69. The number of aromatic nitrogens is 6. The molecule has 0 aliphatic carbocycles. The third-order valence-corrected chi connectivity index (χ3v) is 9.92. The van der Waals surface area contributed by atoms with Crippen LogP contribution in [0.15, 0.2) is 59.1 Å². The van der Waals surface area contributed by atoms with Crippen molar-refractivity contribution in [2.45, 2.75) is 49.5 Å². The molecule has 0 radical (unpaired) electrons. The van der Waals surface area contributed by atoms with E-state index in [1.807, 2.05) is 27.7 Å². The van der Waals surface area contributed by atoms with Crippen LogP contribution in [0.3, 0.4) is 0 Å². The molecule has 19 heteroatoms. The Morgan fingerprint density at radius 2 is 0.943 bits per heavy atom. The first-order valence-electron chi connectivity index (χ1n) is 14.8. The monoisotopic (exact) mass is 788 g/mol. The molecule has 2 atom stereocenters. The molecular weight excluding hydrogens is 747 g/mol. The second-order valence-electron chi connectivity index (χ2n) is 10.8. The van der Waals surface area contributed by atoms with Gasteiger partial charge in [0.25, 0.3) is 0 Å². The standard InChI is InChI=1S/2C17H18N3O3S.2Na.3H2O/c2*1-10-8-18-15(11(2)16(10)23-4)9-24(21)17-19-13-6-5-12(22-3)7-14(13)20-17;;;;;/h2*5-8H,9H2,1-4H3;;;3*1H2/q2*-1;2*+1;;;/t2*24-;;;;;/m00...../s1. The zero-order valence-corrected chi connectivity index (χ0v) is 37.1. The SMILES string of the molecule is COc1ccc2[n-]c([S@@](=O)Cc3ncc(C)c(OC)c3C)nc2c1.COc1ccc2[n-]c([S@@](=O)Cc3ncc(C)c(OC)c3C)nc2c1.O.O.O.[Na+].[Na+]. The van der Waals surface area contributed by atoms with E-state index < -0.39 is 21.6 Å². The average molecular weight is 789 g/mol. The summed E-state index contributed by atoms with van der Waals surface area (Å²) in [4.78, 5) is 26.2. The maximum Gasteiger partial charge on any atom is 1.00 e. The topological polar surface area (TPSA) is 245 Å². The van der Waals surface area contributed by atoms with Crippen molar-refractivity contribution in [2.75, 3.05) is 28.4 Å². The Morgan fingerprint density at radius 3 is 1.26 bits per heavy atom. The zero-order valence-electron chi connectivity index (χ0n) is 31.5. The fourth-order valence-electron chi connectivity index (χ4n) is 5.11. The van der Waals surface area contributed by atoms with Gasteiger partial charge >= 0.3 is 59.1 Å². The van der Waals surface area contributed by atoms with Gasteiger partial charge in [-0.15, -0.1) is 0 Å². The minimum atomic E-state index is -1.38. The zero-order chi connectivity index (χ0) is 34.5. The van der Waals surface area contributed by atoms with Crippen molar-refractivity contribution in [3.63, 3.8) is 0 Å². The van der Waals surface area contributed by atoms with Crippen molar-refractivity contribution in [2.24, 2.45) is 0 Å². The smallest absolute Gasteiger partial charge is 0.497 e. The van der Waals surface area contributed by atoms with Crippen molar-refractivity contribution in [1.82, 2.24) is 29.9 Å². The first-order valence-corrected chi connectivity index (χ1v) is 17.4. The van der Waals surface area contributed by atoms with Gasteiger partial charge in [-0.25, -0.2) is 0 Å². The Kier molecular flexibility index (Phi) is 21.2. The number of aryl methyl sites for hydroxylation is 2. The molecule has 15 nitrogen and oxygen atoms in total. The molecule has 0 saturated heterocycles. The molecule has 0 amide bonds. The Hall–Kier alpha value is -2.94. The van der Waals surface area contributed by atoms with E-state index in [-0.39, 0.29) is 87.0 Å². The summed E-state index contributed by atoms with van der Waals surface area (Å²) in [6, 6.07) is 10.8. The number of fused-ring (bicyclic) bond motifs is 2. The van der Waals surface area contributed by atoms with Gasteiger partial charge in [-0.3, -0.25) is 18.4 Å². The molecule has 2 aromatic carbocycles. The normalized spacial score (nSPS) is 11.2. The third-order valence-electron chi connectivity index (χ3n) is 7.67. The number of benzene rings is 2. The number of imidazole rings is 2. The second-order valence-corrected chi connectivity index (χ2v) is 13.5. The van der Waals surface area contributed by atoms with Gasteiger partial charge in [0.2, 0.25) is 0 Å². The summed E-state index contributed by atoms with van der Waals surface area (Å²) in [7, 11) is 3.66. The van der Waals surface area contributed by atoms with E-state index in [1.165, 1.54) is 0 Å². The largest absolute Gasteiger partial charge is 1.00 e. The number of hydrogen-bond acceptors (Lipinski definition) is 10. The minimum Gasteiger partial charge on any atom is -0.497 e. The molecule has 0 saturated carbocycles. The van der Waals surface area contributed by atoms with E-state index in [9.17, 15) is 8.42 Å². The first kappa shape index (κ1) is 50.1. The van der Waals surface area contributed by atoms with Crippen molar-refractivity contribution < 1.29 is 103 Å². The maximum atomic E-state index is 12.6. The Balaban J connectivity index is 0.000000932. The van der Waals surface area contributed by atoms with E-state index in [4.69, 9.17) is 18.9 Å². The third kappa shape index (κ3) is 11.5. The van der Waals surface area contributed by atoms with E-state index in [1.54, 1.807) is 77.2 Å². The van der Waals surface area contributed by atoms with Gasteiger partial charge in [0.15, 0.2) is 0 Å². The van der Waals surface area contributed by atoms with Gasteiger partial charge in [-0.05, 0) is 74.0 Å². The number of pyridine rings is 2. The summed E-state index contributed by atoms with van der Waals surface area (Å²) >= 11 is 0. The van der Waals surface area contributed by atoms with Crippen molar-refractivity contribution in [3.8, 4) is 23.0 Å². The van der Waals surface area contributed by atoms with Crippen LogP contribution in [0.1, 0.15) is 33.6 Å². The number of rotatable bonds is 10. The quantitative estimate of drug-likeness (QED) is 0.123. The van der Waals surface area contributed by atoms with Crippen molar-refractivity contribution >= 4 is 43.7 Å². The number of hydrogen-bond donors (Lipinski definition) is 0. The molecule has 0 bridgehead atoms. The molecule has 0 aliphatic rings. The molecule has 0 unspecified atom stereocenters. The fraction of sp³-hybridized carbons (Fsp3) is 0.294. The molecule has 0 aliphatic heterocycles. The maximum absolute atomic E-state index is 12.6. The summed E-state index contributed by atoms with van der Waals surface area (Å²) in [5, 5.41) is 0.609. The van der Waals surface area contributed by atoms with E-state index >= 15 is 0 Å². The van der Waals surface area contributed by atoms with Crippen LogP contribution in [0.5, 0.6) is 23.0 Å². The summed E-state index contributed by atoms with van der Waals surface area (Å²) < 4.78 is 46.4. The molecule has 53 heavy (non-hydrogen) atoms. The van der Waals surface area contributed by atoms with Crippen molar-refractivity contribution in [3.05, 3.63) is 82.4 Å². The van der Waals surface area contributed by atoms with Crippen LogP contribution < -0.4 is 88.0 Å². The van der Waals surface area contributed by atoms with Crippen molar-refractivity contribution in [1.29, 1.82) is 0 Å². The average Bonchev–Trinajstić information content (AvgIpc) is 3.72. The first-order chi connectivity index (χ1) is 23.1. The number of ether oxygens (including phenoxy) is 4. The molecule has 4 heterocycles. The molecular formula is C34H42N6Na2O9S2. The van der Waals surface area contributed by atoms with E-state index in [0.29, 0.717) is 43.9 Å². The van der Waals surface area contributed by atoms with Gasteiger partial charge in [0, 0.05) is 45.0 Å². The molecule has 0 spiro atoms. The minimum absolute atomic E-state index is 0. The van der Waals surface area contributed by atoms with Gasteiger partial charge in [0.1, 0.15) is 23.0 Å². The van der Waals surface area contributed by atoms with Crippen LogP contribution in [0, 0.1) is 27.7 Å². The molecule has 276 valence electrons. The fourth-order valence-corrected chi connectivity index (χ4v) is 7.24. The van der Waals surface area contributed by atoms with Gasteiger partial charge in [-0.1, -0.05) is 12.1 Å². The van der Waals surface area contributed by atoms with Crippen LogP contribution in [-0.2, 0) is 33.1 Å². The predicted octanol–water partition coefficient (Wildman–Crippen LogP) is -3.41. The second kappa shape index (κ2) is 22.4. The molecule has 0 fully saturated rings. The van der Waals surface area contributed by atoms with Crippen LogP contribution in [0.2, 0.25) is 0 Å². The van der Waals surface area contributed by atoms with Gasteiger partial charge in [-0.2, -0.15) is 0 Å². The van der Waals surface area contributed by atoms with Crippen LogP contribution in [-0.4, -0.2) is 73.2 Å². The molecule has 6 aromatic rings. The predicted molar refractivity (Wildman–Crippen MR) is 195 cm³/mol. The molecule has 4 aromatic heterocycles. The molecule has 6 N–H and O–H groups in total. The van der Waals surface area contributed by atoms with Crippen LogP contribution in [0.4, 0.5) is 0 Å².